The van der Waals surface area contributed by atoms with Crippen molar-refractivity contribution in [1.82, 2.24) is 14.5 Å². The van der Waals surface area contributed by atoms with Gasteiger partial charge in [-0.3, -0.25) is 4.68 Å². The smallest absolute Gasteiger partial charge is 0.244 e. The van der Waals surface area contributed by atoms with Crippen molar-refractivity contribution in [3.8, 4) is 10.6 Å². The highest BCUT2D eigenvalue weighted by Crippen LogP contribution is 2.30. The highest BCUT2D eigenvalue weighted by atomic mass is 32.2. The summed E-state index contributed by atoms with van der Waals surface area (Å²) in [6.45, 7) is 2.34. The molecule has 1 N–H and O–H groups in total. The molecular weight excluding hydrogens is 402 g/mol. The molecule has 0 saturated carbocycles. The molecule has 4 aromatic rings. The molecule has 2 aromatic carbocycles. The number of hydrogen-bond acceptors (Lipinski definition) is 4. The lowest BCUT2D eigenvalue weighted by atomic mass is 10.1. The Morgan fingerprint density at radius 3 is 2.34 bits per heavy atom. The Balaban J connectivity index is 1.69. The van der Waals surface area contributed by atoms with Crippen molar-refractivity contribution in [3.63, 3.8) is 0 Å². The lowest BCUT2D eigenvalue weighted by Crippen LogP contribution is -2.27. The Morgan fingerprint density at radius 2 is 1.69 bits per heavy atom. The van der Waals surface area contributed by atoms with Crippen LogP contribution in [-0.4, -0.2) is 18.2 Å². The molecule has 148 valence electrons. The van der Waals surface area contributed by atoms with E-state index in [0.29, 0.717) is 12.2 Å². The standard InChI is InChI=1S/C22H21N3O2S2/c1-17(19-11-6-3-7-12-19)24-29(26,27)21-16-25(15-18-9-4-2-5-10-18)23-22(21)20-13-8-14-28-20/h2-14,16-17,24H,15H2,1H3. The summed E-state index contributed by atoms with van der Waals surface area (Å²) >= 11 is 1.47. The molecule has 0 fully saturated rings. The molecule has 0 aliphatic heterocycles. The first kappa shape index (κ1) is 19.6. The van der Waals surface area contributed by atoms with Gasteiger partial charge in [0.25, 0.3) is 0 Å². The Morgan fingerprint density at radius 1 is 1.00 bits per heavy atom. The summed E-state index contributed by atoms with van der Waals surface area (Å²) < 4.78 is 31.0. The average Bonchev–Trinajstić information content (AvgIpc) is 3.39. The molecular formula is C22H21N3O2S2. The summed E-state index contributed by atoms with van der Waals surface area (Å²) in [4.78, 5) is 1.02. The molecule has 0 radical (unpaired) electrons. The van der Waals surface area contributed by atoms with Crippen LogP contribution in [0.4, 0.5) is 0 Å². The lowest BCUT2D eigenvalue weighted by molar-refractivity contribution is 0.567. The van der Waals surface area contributed by atoms with Gasteiger partial charge in [0.1, 0.15) is 10.6 Å². The zero-order chi connectivity index (χ0) is 20.3. The highest BCUT2D eigenvalue weighted by molar-refractivity contribution is 7.89. The number of benzene rings is 2. The van der Waals surface area contributed by atoms with Crippen molar-refractivity contribution >= 4 is 21.4 Å². The van der Waals surface area contributed by atoms with Gasteiger partial charge in [-0.2, -0.15) is 5.10 Å². The number of nitrogens with one attached hydrogen (secondary N) is 1. The van der Waals surface area contributed by atoms with Crippen LogP contribution < -0.4 is 4.72 Å². The van der Waals surface area contributed by atoms with Crippen molar-refractivity contribution in [2.24, 2.45) is 0 Å². The van der Waals surface area contributed by atoms with Gasteiger partial charge in [0.05, 0.1) is 11.4 Å². The minimum atomic E-state index is -3.76. The van der Waals surface area contributed by atoms with Gasteiger partial charge in [-0.15, -0.1) is 11.3 Å². The molecule has 7 heteroatoms. The minimum Gasteiger partial charge on any atom is -0.266 e. The summed E-state index contributed by atoms with van der Waals surface area (Å²) in [6.07, 6.45) is 1.61. The molecule has 0 aliphatic rings. The fraction of sp³-hybridized carbons (Fsp3) is 0.136. The largest absolute Gasteiger partial charge is 0.266 e. The van der Waals surface area contributed by atoms with Gasteiger partial charge in [-0.05, 0) is 29.5 Å². The fourth-order valence-electron chi connectivity index (χ4n) is 3.14. The van der Waals surface area contributed by atoms with Gasteiger partial charge in [0.2, 0.25) is 10.0 Å². The molecule has 0 amide bonds. The first-order chi connectivity index (χ1) is 14.0. The Bertz CT molecular complexity index is 1170. The molecule has 1 atom stereocenters. The van der Waals surface area contributed by atoms with Gasteiger partial charge in [0, 0.05) is 12.2 Å². The highest BCUT2D eigenvalue weighted by Gasteiger charge is 2.26. The number of aromatic nitrogens is 2. The Hall–Kier alpha value is -2.74. The van der Waals surface area contributed by atoms with Crippen molar-refractivity contribution in [2.75, 3.05) is 0 Å². The second-order valence-corrected chi connectivity index (χ2v) is 9.39. The van der Waals surface area contributed by atoms with E-state index in [0.717, 1.165) is 16.0 Å². The van der Waals surface area contributed by atoms with Crippen LogP contribution in [0, 0.1) is 0 Å². The number of sulfonamides is 1. The third-order valence-corrected chi connectivity index (χ3v) is 7.01. The van der Waals surface area contributed by atoms with Crippen LogP contribution in [0.3, 0.4) is 0 Å². The first-order valence-electron chi connectivity index (χ1n) is 9.25. The van der Waals surface area contributed by atoms with Gasteiger partial charge in [-0.1, -0.05) is 66.7 Å². The maximum atomic E-state index is 13.2. The van der Waals surface area contributed by atoms with Crippen LogP contribution in [0.2, 0.25) is 0 Å². The SMILES string of the molecule is CC(NS(=O)(=O)c1cn(Cc2ccccc2)nc1-c1cccs1)c1ccccc1. The third-order valence-electron chi connectivity index (χ3n) is 4.59. The Kier molecular flexibility index (Phi) is 5.62. The van der Waals surface area contributed by atoms with Crippen LogP contribution in [0.15, 0.2) is 89.3 Å². The number of rotatable bonds is 7. The quantitative estimate of drug-likeness (QED) is 0.469. The molecule has 29 heavy (non-hydrogen) atoms. The summed E-state index contributed by atoms with van der Waals surface area (Å²) in [6, 6.07) is 22.8. The van der Waals surface area contributed by atoms with Crippen LogP contribution >= 0.6 is 11.3 Å². The van der Waals surface area contributed by atoms with Crippen molar-refractivity contribution in [2.45, 2.75) is 24.4 Å². The molecule has 2 heterocycles. The monoisotopic (exact) mass is 423 g/mol. The van der Waals surface area contributed by atoms with Gasteiger partial charge < -0.3 is 0 Å². The number of hydrogen-bond donors (Lipinski definition) is 1. The van der Waals surface area contributed by atoms with E-state index in [2.05, 4.69) is 9.82 Å². The summed E-state index contributed by atoms with van der Waals surface area (Å²) in [5.41, 5.74) is 2.44. The normalized spacial score (nSPS) is 12.7. The van der Waals surface area contributed by atoms with E-state index in [-0.39, 0.29) is 10.9 Å². The van der Waals surface area contributed by atoms with Crippen molar-refractivity contribution in [1.29, 1.82) is 0 Å². The maximum Gasteiger partial charge on any atom is 0.244 e. The van der Waals surface area contributed by atoms with Crippen molar-refractivity contribution < 1.29 is 8.42 Å². The zero-order valence-electron chi connectivity index (χ0n) is 15.9. The second kappa shape index (κ2) is 8.32. The van der Waals surface area contributed by atoms with E-state index in [1.165, 1.54) is 11.3 Å². The van der Waals surface area contributed by atoms with E-state index in [9.17, 15) is 8.42 Å². The van der Waals surface area contributed by atoms with Crippen molar-refractivity contribution in [3.05, 3.63) is 95.5 Å². The van der Waals surface area contributed by atoms with E-state index in [1.54, 1.807) is 10.9 Å². The van der Waals surface area contributed by atoms with E-state index >= 15 is 0 Å². The van der Waals surface area contributed by atoms with E-state index < -0.39 is 10.0 Å². The molecule has 0 saturated heterocycles. The van der Waals surface area contributed by atoms with Crippen LogP contribution in [0.25, 0.3) is 10.6 Å². The number of thiophene rings is 1. The summed E-state index contributed by atoms with van der Waals surface area (Å²) in [5.74, 6) is 0. The Labute approximate surface area is 174 Å². The molecule has 4 rings (SSSR count). The minimum absolute atomic E-state index is 0.193. The summed E-state index contributed by atoms with van der Waals surface area (Å²) in [7, 11) is -3.76. The predicted octanol–water partition coefficient (Wildman–Crippen LogP) is 4.70. The van der Waals surface area contributed by atoms with Crippen LogP contribution in [-0.2, 0) is 16.6 Å². The fourth-order valence-corrected chi connectivity index (χ4v) is 5.32. The van der Waals surface area contributed by atoms with Gasteiger partial charge in [-0.25, -0.2) is 13.1 Å². The van der Waals surface area contributed by atoms with Crippen LogP contribution in [0.5, 0.6) is 0 Å². The zero-order valence-corrected chi connectivity index (χ0v) is 17.5. The average molecular weight is 424 g/mol. The molecule has 0 bridgehead atoms. The maximum absolute atomic E-state index is 13.2. The predicted molar refractivity (Wildman–Crippen MR) is 116 cm³/mol. The topological polar surface area (TPSA) is 64.0 Å². The third kappa shape index (κ3) is 4.48. The lowest BCUT2D eigenvalue weighted by Gasteiger charge is -2.14. The van der Waals surface area contributed by atoms with E-state index in [1.807, 2.05) is 85.1 Å². The molecule has 2 aromatic heterocycles. The molecule has 0 spiro atoms. The first-order valence-corrected chi connectivity index (χ1v) is 11.6. The van der Waals surface area contributed by atoms with Gasteiger partial charge >= 0.3 is 0 Å². The molecule has 5 nitrogen and oxygen atoms in total. The second-order valence-electron chi connectivity index (χ2n) is 6.76. The summed E-state index contributed by atoms with van der Waals surface area (Å²) in [5, 5.41) is 6.52. The molecule has 1 unspecified atom stereocenters. The van der Waals surface area contributed by atoms with Gasteiger partial charge in [0.15, 0.2) is 0 Å². The number of nitrogens with zero attached hydrogens (tertiary/aromatic N) is 2. The van der Waals surface area contributed by atoms with E-state index in [4.69, 9.17) is 0 Å². The molecule has 0 aliphatic carbocycles. The van der Waals surface area contributed by atoms with Crippen LogP contribution in [0.1, 0.15) is 24.1 Å².